The first-order valence-corrected chi connectivity index (χ1v) is 8.90. The van der Waals surface area contributed by atoms with Crippen LogP contribution in [0.3, 0.4) is 0 Å². The summed E-state index contributed by atoms with van der Waals surface area (Å²) in [4.78, 5) is -0.0476. The summed E-state index contributed by atoms with van der Waals surface area (Å²) in [6, 6.07) is 10.2. The van der Waals surface area contributed by atoms with Crippen molar-refractivity contribution in [2.75, 3.05) is 0 Å². The maximum atomic E-state index is 11.2. The SMILES string of the molecule is Cc1cccc(C)c1COc1ccc(S(=O)(=O)Cl)cc1Cl. The summed E-state index contributed by atoms with van der Waals surface area (Å²) in [6.07, 6.45) is 0. The fourth-order valence-electron chi connectivity index (χ4n) is 1.98. The van der Waals surface area contributed by atoms with Gasteiger partial charge in [-0.2, -0.15) is 0 Å². The van der Waals surface area contributed by atoms with Gasteiger partial charge in [-0.05, 0) is 48.7 Å². The lowest BCUT2D eigenvalue weighted by Gasteiger charge is -2.12. The van der Waals surface area contributed by atoms with E-state index in [4.69, 9.17) is 27.0 Å². The molecule has 0 aliphatic rings. The molecule has 0 heterocycles. The van der Waals surface area contributed by atoms with Gasteiger partial charge in [0, 0.05) is 10.7 Å². The van der Waals surface area contributed by atoms with Crippen molar-refractivity contribution in [3.8, 4) is 5.75 Å². The Hall–Kier alpha value is -1.23. The first-order chi connectivity index (χ1) is 9.79. The monoisotopic (exact) mass is 344 g/mol. The van der Waals surface area contributed by atoms with Crippen molar-refractivity contribution in [2.24, 2.45) is 0 Å². The topological polar surface area (TPSA) is 43.4 Å². The number of aryl methyl sites for hydroxylation is 2. The Bertz CT molecular complexity index is 750. The average molecular weight is 345 g/mol. The van der Waals surface area contributed by atoms with Gasteiger partial charge in [-0.1, -0.05) is 29.8 Å². The molecule has 0 aliphatic carbocycles. The summed E-state index contributed by atoms with van der Waals surface area (Å²) >= 11 is 6.03. The van der Waals surface area contributed by atoms with Crippen LogP contribution in [0.25, 0.3) is 0 Å². The van der Waals surface area contributed by atoms with Gasteiger partial charge in [-0.15, -0.1) is 0 Å². The van der Waals surface area contributed by atoms with E-state index < -0.39 is 9.05 Å². The fraction of sp³-hybridized carbons (Fsp3) is 0.200. The molecule has 6 heteroatoms. The van der Waals surface area contributed by atoms with Crippen molar-refractivity contribution in [3.05, 3.63) is 58.1 Å². The lowest BCUT2D eigenvalue weighted by molar-refractivity contribution is 0.304. The molecular formula is C15H14Cl2O3S. The van der Waals surface area contributed by atoms with Crippen LogP contribution in [0.4, 0.5) is 0 Å². The minimum absolute atomic E-state index is 0.0476. The Balaban J connectivity index is 2.22. The van der Waals surface area contributed by atoms with E-state index in [1.165, 1.54) is 18.2 Å². The van der Waals surface area contributed by atoms with E-state index in [2.05, 4.69) is 0 Å². The van der Waals surface area contributed by atoms with Crippen molar-refractivity contribution in [3.63, 3.8) is 0 Å². The number of rotatable bonds is 4. The Morgan fingerprint density at radius 2 is 1.71 bits per heavy atom. The van der Waals surface area contributed by atoms with Crippen LogP contribution in [0.1, 0.15) is 16.7 Å². The maximum absolute atomic E-state index is 11.2. The zero-order valence-corrected chi connectivity index (χ0v) is 13.9. The zero-order chi connectivity index (χ0) is 15.6. The van der Waals surface area contributed by atoms with Crippen LogP contribution < -0.4 is 4.74 Å². The quantitative estimate of drug-likeness (QED) is 0.768. The van der Waals surface area contributed by atoms with Crippen LogP contribution in [0.5, 0.6) is 5.75 Å². The maximum Gasteiger partial charge on any atom is 0.261 e. The minimum Gasteiger partial charge on any atom is -0.487 e. The third kappa shape index (κ3) is 3.90. The van der Waals surface area contributed by atoms with Gasteiger partial charge >= 0.3 is 0 Å². The van der Waals surface area contributed by atoms with Crippen LogP contribution in [0, 0.1) is 13.8 Å². The summed E-state index contributed by atoms with van der Waals surface area (Å²) in [5.74, 6) is 0.420. The molecule has 112 valence electrons. The molecule has 0 radical (unpaired) electrons. The molecule has 0 aliphatic heterocycles. The smallest absolute Gasteiger partial charge is 0.261 e. The van der Waals surface area contributed by atoms with Gasteiger partial charge in [-0.3, -0.25) is 0 Å². The van der Waals surface area contributed by atoms with E-state index in [-0.39, 0.29) is 9.92 Å². The molecule has 2 aromatic rings. The summed E-state index contributed by atoms with van der Waals surface area (Å²) in [6.45, 7) is 4.39. The summed E-state index contributed by atoms with van der Waals surface area (Å²) in [7, 11) is 1.48. The van der Waals surface area contributed by atoms with Gasteiger partial charge in [0.1, 0.15) is 12.4 Å². The van der Waals surface area contributed by atoms with Gasteiger partial charge < -0.3 is 4.74 Å². The molecular weight excluding hydrogens is 331 g/mol. The summed E-state index contributed by atoms with van der Waals surface area (Å²) in [5, 5.41) is 0.211. The van der Waals surface area contributed by atoms with Crippen molar-refractivity contribution < 1.29 is 13.2 Å². The zero-order valence-electron chi connectivity index (χ0n) is 11.6. The standard InChI is InChI=1S/C15H14Cl2O3S/c1-10-4-3-5-11(2)13(10)9-20-15-7-6-12(8-14(15)16)21(17,18)19/h3-8H,9H2,1-2H3. The molecule has 0 aromatic heterocycles. The molecule has 0 atom stereocenters. The highest BCUT2D eigenvalue weighted by atomic mass is 35.7. The highest BCUT2D eigenvalue weighted by Crippen LogP contribution is 2.29. The molecule has 0 saturated carbocycles. The number of halogens is 2. The van der Waals surface area contributed by atoms with Crippen molar-refractivity contribution in [1.29, 1.82) is 0 Å². The highest BCUT2D eigenvalue weighted by Gasteiger charge is 2.13. The van der Waals surface area contributed by atoms with Gasteiger partial charge in [0.05, 0.1) is 9.92 Å². The highest BCUT2D eigenvalue weighted by molar-refractivity contribution is 8.13. The number of benzene rings is 2. The van der Waals surface area contributed by atoms with Gasteiger partial charge in [0.15, 0.2) is 0 Å². The third-order valence-corrected chi connectivity index (χ3v) is 4.85. The van der Waals surface area contributed by atoms with E-state index >= 15 is 0 Å². The predicted octanol–water partition coefficient (Wildman–Crippen LogP) is 4.46. The van der Waals surface area contributed by atoms with Gasteiger partial charge in [0.2, 0.25) is 0 Å². The molecule has 21 heavy (non-hydrogen) atoms. The second-order valence-electron chi connectivity index (χ2n) is 4.69. The number of ether oxygens (including phenoxy) is 1. The van der Waals surface area contributed by atoms with Crippen molar-refractivity contribution >= 4 is 31.3 Å². The van der Waals surface area contributed by atoms with Gasteiger partial charge in [0.25, 0.3) is 9.05 Å². The molecule has 3 nitrogen and oxygen atoms in total. The normalized spacial score (nSPS) is 11.4. The van der Waals surface area contributed by atoms with E-state index in [0.29, 0.717) is 12.4 Å². The van der Waals surface area contributed by atoms with E-state index in [9.17, 15) is 8.42 Å². The molecule has 2 aromatic carbocycles. The van der Waals surface area contributed by atoms with E-state index in [1.54, 1.807) is 0 Å². The van der Waals surface area contributed by atoms with Crippen LogP contribution >= 0.6 is 22.3 Å². The first-order valence-electron chi connectivity index (χ1n) is 6.21. The van der Waals surface area contributed by atoms with Crippen LogP contribution in [-0.4, -0.2) is 8.42 Å². The first kappa shape index (κ1) is 16.1. The molecule has 2 rings (SSSR count). The number of hydrogen-bond donors (Lipinski definition) is 0. The summed E-state index contributed by atoms with van der Waals surface area (Å²) < 4.78 is 28.1. The predicted molar refractivity (Wildman–Crippen MR) is 84.7 cm³/mol. The Morgan fingerprint density at radius 3 is 2.24 bits per heavy atom. The van der Waals surface area contributed by atoms with Gasteiger partial charge in [-0.25, -0.2) is 8.42 Å². The second kappa shape index (κ2) is 6.26. The molecule has 0 bridgehead atoms. The van der Waals surface area contributed by atoms with Crippen LogP contribution in [0.15, 0.2) is 41.3 Å². The van der Waals surface area contributed by atoms with Crippen LogP contribution in [0.2, 0.25) is 5.02 Å². The molecule has 0 fully saturated rings. The lowest BCUT2D eigenvalue weighted by atomic mass is 10.0. The third-order valence-electron chi connectivity index (χ3n) is 3.20. The molecule has 0 amide bonds. The molecule has 0 unspecified atom stereocenters. The lowest BCUT2D eigenvalue weighted by Crippen LogP contribution is -2.01. The largest absolute Gasteiger partial charge is 0.487 e. The second-order valence-corrected chi connectivity index (χ2v) is 7.66. The van der Waals surface area contributed by atoms with Crippen molar-refractivity contribution in [1.82, 2.24) is 0 Å². The summed E-state index contributed by atoms with van der Waals surface area (Å²) in [5.41, 5.74) is 3.35. The molecule has 0 saturated heterocycles. The van der Waals surface area contributed by atoms with Crippen LogP contribution in [-0.2, 0) is 15.7 Å². The minimum atomic E-state index is -3.79. The fourth-order valence-corrected chi connectivity index (χ4v) is 3.05. The number of hydrogen-bond acceptors (Lipinski definition) is 3. The Labute approximate surface area is 133 Å². The Morgan fingerprint density at radius 1 is 1.10 bits per heavy atom. The van der Waals surface area contributed by atoms with Crippen molar-refractivity contribution in [2.45, 2.75) is 25.3 Å². The van der Waals surface area contributed by atoms with E-state index in [0.717, 1.165) is 16.7 Å². The average Bonchev–Trinajstić information content (AvgIpc) is 2.38. The molecule has 0 spiro atoms. The Kier molecular flexibility index (Phi) is 4.81. The molecule has 0 N–H and O–H groups in total. The van der Waals surface area contributed by atoms with E-state index in [1.807, 2.05) is 32.0 Å².